The smallest absolute Gasteiger partial charge is 0.313 e. The van der Waals surface area contributed by atoms with Crippen LogP contribution >= 0.6 is 0 Å². The van der Waals surface area contributed by atoms with Gasteiger partial charge in [-0.25, -0.2) is 0 Å². The molecule has 0 fully saturated rings. The van der Waals surface area contributed by atoms with Crippen molar-refractivity contribution in [3.8, 4) is 0 Å². The van der Waals surface area contributed by atoms with E-state index in [9.17, 15) is 4.79 Å². The summed E-state index contributed by atoms with van der Waals surface area (Å²) in [6, 6.07) is 0. The lowest BCUT2D eigenvalue weighted by molar-refractivity contribution is -0.146. The molecule has 0 aliphatic heterocycles. The van der Waals surface area contributed by atoms with Crippen molar-refractivity contribution in [2.75, 3.05) is 6.61 Å². The Labute approximate surface area is 85.9 Å². The van der Waals surface area contributed by atoms with Gasteiger partial charge in [0.15, 0.2) is 0 Å². The maximum absolute atomic E-state index is 11.5. The standard InChI is InChI=1S/C11H19NO2/c1-5-9(8-12-4)10(6-2)11(13)14-7-3/h8,10H,4-7H2,1-3H3/b9-8+. The molecular formula is C11H19NO2. The fourth-order valence-electron chi connectivity index (χ4n) is 1.37. The molecule has 1 unspecified atom stereocenters. The number of ether oxygens (including phenoxy) is 1. The second-order valence-electron chi connectivity index (χ2n) is 2.95. The molecule has 0 aliphatic carbocycles. The minimum absolute atomic E-state index is 0.160. The monoisotopic (exact) mass is 197 g/mol. The molecule has 0 aromatic rings. The number of carbonyl (C=O) groups excluding carboxylic acids is 1. The molecule has 0 aliphatic rings. The van der Waals surface area contributed by atoms with E-state index in [1.54, 1.807) is 6.20 Å². The number of esters is 1. The topological polar surface area (TPSA) is 38.7 Å². The molecule has 3 nitrogen and oxygen atoms in total. The minimum atomic E-state index is -0.162. The second kappa shape index (κ2) is 7.30. The fraction of sp³-hybridized carbons (Fsp3) is 0.636. The van der Waals surface area contributed by atoms with E-state index in [0.29, 0.717) is 6.61 Å². The SMILES string of the molecule is C=N/C=C(\CC)C(CC)C(=O)OCC. The molecule has 0 amide bonds. The molecule has 0 N–H and O–H groups in total. The van der Waals surface area contributed by atoms with Crippen molar-refractivity contribution in [3.05, 3.63) is 11.8 Å². The quantitative estimate of drug-likeness (QED) is 0.485. The predicted octanol–water partition coefficient (Wildman–Crippen LogP) is 2.57. The molecule has 0 radical (unpaired) electrons. The number of aliphatic imine (C=N–C) groups is 1. The zero-order chi connectivity index (χ0) is 11.0. The Bertz CT molecular complexity index is 221. The first-order chi connectivity index (χ1) is 6.71. The summed E-state index contributed by atoms with van der Waals surface area (Å²) in [5, 5.41) is 0. The Hall–Kier alpha value is -1.12. The van der Waals surface area contributed by atoms with Crippen LogP contribution in [0.1, 0.15) is 33.6 Å². The van der Waals surface area contributed by atoms with Gasteiger partial charge in [-0.3, -0.25) is 9.79 Å². The van der Waals surface area contributed by atoms with Gasteiger partial charge in [-0.1, -0.05) is 13.8 Å². The highest BCUT2D eigenvalue weighted by Crippen LogP contribution is 2.20. The first-order valence-corrected chi connectivity index (χ1v) is 5.02. The van der Waals surface area contributed by atoms with E-state index in [4.69, 9.17) is 4.74 Å². The van der Waals surface area contributed by atoms with Crippen LogP contribution in [0.4, 0.5) is 0 Å². The minimum Gasteiger partial charge on any atom is -0.466 e. The Morgan fingerprint density at radius 1 is 1.50 bits per heavy atom. The number of hydrogen-bond donors (Lipinski definition) is 0. The Balaban J connectivity index is 4.58. The predicted molar refractivity (Wildman–Crippen MR) is 58.3 cm³/mol. The summed E-state index contributed by atoms with van der Waals surface area (Å²) in [5.41, 5.74) is 0.987. The molecule has 0 aromatic carbocycles. The highest BCUT2D eigenvalue weighted by molar-refractivity contribution is 5.75. The van der Waals surface area contributed by atoms with Gasteiger partial charge in [0.25, 0.3) is 0 Å². The van der Waals surface area contributed by atoms with Crippen LogP contribution in [-0.2, 0) is 9.53 Å². The van der Waals surface area contributed by atoms with Crippen LogP contribution in [0.2, 0.25) is 0 Å². The molecule has 0 bridgehead atoms. The zero-order valence-corrected chi connectivity index (χ0v) is 9.25. The Kier molecular flexibility index (Phi) is 6.72. The van der Waals surface area contributed by atoms with Crippen molar-refractivity contribution in [1.29, 1.82) is 0 Å². The van der Waals surface area contributed by atoms with Crippen LogP contribution in [0.3, 0.4) is 0 Å². The van der Waals surface area contributed by atoms with Crippen LogP contribution in [0.5, 0.6) is 0 Å². The number of rotatable bonds is 6. The normalized spacial score (nSPS) is 13.5. The Morgan fingerprint density at radius 3 is 2.50 bits per heavy atom. The average Bonchev–Trinajstić information content (AvgIpc) is 2.18. The molecule has 3 heteroatoms. The molecule has 1 atom stereocenters. The van der Waals surface area contributed by atoms with Crippen molar-refractivity contribution >= 4 is 12.7 Å². The van der Waals surface area contributed by atoms with Gasteiger partial charge < -0.3 is 4.74 Å². The molecule has 0 rings (SSSR count). The van der Waals surface area contributed by atoms with Crippen molar-refractivity contribution < 1.29 is 9.53 Å². The first kappa shape index (κ1) is 12.9. The molecule has 0 saturated heterocycles. The molecular weight excluding hydrogens is 178 g/mol. The van der Waals surface area contributed by atoms with E-state index in [-0.39, 0.29) is 11.9 Å². The van der Waals surface area contributed by atoms with Gasteiger partial charge in [-0.05, 0) is 32.1 Å². The molecule has 0 aromatic heterocycles. The van der Waals surface area contributed by atoms with E-state index in [1.165, 1.54) is 0 Å². The van der Waals surface area contributed by atoms with Gasteiger partial charge >= 0.3 is 5.97 Å². The summed E-state index contributed by atoms with van der Waals surface area (Å²) < 4.78 is 4.98. The van der Waals surface area contributed by atoms with E-state index < -0.39 is 0 Å². The number of nitrogens with zero attached hydrogens (tertiary/aromatic N) is 1. The summed E-state index contributed by atoms with van der Waals surface area (Å²) in [6.07, 6.45) is 3.20. The van der Waals surface area contributed by atoms with Gasteiger partial charge in [0, 0.05) is 6.20 Å². The van der Waals surface area contributed by atoms with E-state index in [1.807, 2.05) is 20.8 Å². The van der Waals surface area contributed by atoms with Crippen LogP contribution < -0.4 is 0 Å². The lowest BCUT2D eigenvalue weighted by atomic mass is 9.95. The van der Waals surface area contributed by atoms with Crippen LogP contribution in [-0.4, -0.2) is 19.3 Å². The van der Waals surface area contributed by atoms with Crippen LogP contribution in [0, 0.1) is 5.92 Å². The van der Waals surface area contributed by atoms with E-state index >= 15 is 0 Å². The van der Waals surface area contributed by atoms with Gasteiger partial charge in [-0.15, -0.1) is 0 Å². The third-order valence-electron chi connectivity index (χ3n) is 2.09. The molecule has 0 heterocycles. The summed E-state index contributed by atoms with van der Waals surface area (Å²) >= 11 is 0. The fourth-order valence-corrected chi connectivity index (χ4v) is 1.37. The molecule has 0 saturated carbocycles. The second-order valence-corrected chi connectivity index (χ2v) is 2.95. The van der Waals surface area contributed by atoms with E-state index in [2.05, 4.69) is 11.7 Å². The van der Waals surface area contributed by atoms with Crippen LogP contribution in [0.15, 0.2) is 16.8 Å². The third kappa shape index (κ3) is 3.73. The summed E-state index contributed by atoms with van der Waals surface area (Å²) in [5.74, 6) is -0.322. The summed E-state index contributed by atoms with van der Waals surface area (Å²) in [4.78, 5) is 15.2. The summed E-state index contributed by atoms with van der Waals surface area (Å²) in [6.45, 7) is 9.59. The maximum Gasteiger partial charge on any atom is 0.313 e. The lowest BCUT2D eigenvalue weighted by Crippen LogP contribution is -2.19. The molecule has 80 valence electrons. The highest BCUT2D eigenvalue weighted by Gasteiger charge is 2.20. The third-order valence-corrected chi connectivity index (χ3v) is 2.09. The first-order valence-electron chi connectivity index (χ1n) is 5.02. The van der Waals surface area contributed by atoms with Crippen molar-refractivity contribution in [3.63, 3.8) is 0 Å². The van der Waals surface area contributed by atoms with Crippen molar-refractivity contribution in [2.24, 2.45) is 10.9 Å². The lowest BCUT2D eigenvalue weighted by Gasteiger charge is -2.15. The average molecular weight is 197 g/mol. The van der Waals surface area contributed by atoms with Gasteiger partial charge in [-0.2, -0.15) is 0 Å². The van der Waals surface area contributed by atoms with Gasteiger partial charge in [0.2, 0.25) is 0 Å². The summed E-state index contributed by atoms with van der Waals surface area (Å²) in [7, 11) is 0. The molecule has 0 spiro atoms. The van der Waals surface area contributed by atoms with Gasteiger partial charge in [0.1, 0.15) is 0 Å². The number of hydrogen-bond acceptors (Lipinski definition) is 3. The van der Waals surface area contributed by atoms with Crippen molar-refractivity contribution in [1.82, 2.24) is 0 Å². The van der Waals surface area contributed by atoms with Gasteiger partial charge in [0.05, 0.1) is 12.5 Å². The number of carbonyl (C=O) groups is 1. The van der Waals surface area contributed by atoms with Crippen molar-refractivity contribution in [2.45, 2.75) is 33.6 Å². The highest BCUT2D eigenvalue weighted by atomic mass is 16.5. The maximum atomic E-state index is 11.5. The van der Waals surface area contributed by atoms with E-state index in [0.717, 1.165) is 18.4 Å². The largest absolute Gasteiger partial charge is 0.466 e. The molecule has 14 heavy (non-hydrogen) atoms. The zero-order valence-electron chi connectivity index (χ0n) is 9.25. The Morgan fingerprint density at radius 2 is 2.14 bits per heavy atom. The van der Waals surface area contributed by atoms with Crippen LogP contribution in [0.25, 0.3) is 0 Å².